The van der Waals surface area contributed by atoms with E-state index in [0.29, 0.717) is 11.5 Å². The third kappa shape index (κ3) is 3.56. The van der Waals surface area contributed by atoms with Crippen molar-refractivity contribution in [3.8, 4) is 17.2 Å². The fourth-order valence-corrected chi connectivity index (χ4v) is 4.60. The molecule has 30 heavy (non-hydrogen) atoms. The standard InChI is InChI=1S/C25H21F4N/c1-2-14-3-5-15(6-4-14)17-10-22(27)24(23(28)11-17)16-7-8-19-18(9-16)12-21(26)20(13-30)25(19)29/h7-12,14-15H,2-6H2,1H3. The van der Waals surface area contributed by atoms with E-state index in [1.807, 2.05) is 0 Å². The van der Waals surface area contributed by atoms with Gasteiger partial charge in [-0.15, -0.1) is 0 Å². The SMILES string of the molecule is CCC1CCC(c2cc(F)c(-c3ccc4c(F)c(C#N)c(F)cc4c3)c(F)c2)CC1. The third-order valence-corrected chi connectivity index (χ3v) is 6.39. The van der Waals surface area contributed by atoms with Gasteiger partial charge < -0.3 is 0 Å². The highest BCUT2D eigenvalue weighted by Gasteiger charge is 2.24. The lowest BCUT2D eigenvalue weighted by molar-refractivity contribution is 0.318. The highest BCUT2D eigenvalue weighted by atomic mass is 19.1. The molecule has 0 aromatic heterocycles. The van der Waals surface area contributed by atoms with E-state index in [2.05, 4.69) is 6.92 Å². The number of nitrogens with zero attached hydrogens (tertiary/aromatic N) is 1. The van der Waals surface area contributed by atoms with Crippen LogP contribution in [0.3, 0.4) is 0 Å². The summed E-state index contributed by atoms with van der Waals surface area (Å²) in [6, 6.07) is 9.33. The average molecular weight is 411 g/mol. The van der Waals surface area contributed by atoms with Gasteiger partial charge in [-0.2, -0.15) is 5.26 Å². The van der Waals surface area contributed by atoms with Crippen molar-refractivity contribution in [2.45, 2.75) is 44.9 Å². The predicted octanol–water partition coefficient (Wildman–Crippen LogP) is 7.62. The Kier molecular flexibility index (Phi) is 5.51. The van der Waals surface area contributed by atoms with Crippen molar-refractivity contribution in [1.29, 1.82) is 5.26 Å². The van der Waals surface area contributed by atoms with Gasteiger partial charge in [0.25, 0.3) is 0 Å². The second-order valence-corrected chi connectivity index (χ2v) is 8.08. The molecule has 0 unspecified atom stereocenters. The number of hydrogen-bond donors (Lipinski definition) is 0. The van der Waals surface area contributed by atoms with Crippen LogP contribution in [0.5, 0.6) is 0 Å². The van der Waals surface area contributed by atoms with E-state index in [9.17, 15) is 17.6 Å². The molecule has 0 saturated heterocycles. The van der Waals surface area contributed by atoms with Crippen LogP contribution in [-0.4, -0.2) is 0 Å². The zero-order valence-electron chi connectivity index (χ0n) is 16.6. The lowest BCUT2D eigenvalue weighted by atomic mass is 9.77. The molecule has 0 spiro atoms. The molecule has 0 radical (unpaired) electrons. The number of benzene rings is 3. The number of hydrogen-bond acceptors (Lipinski definition) is 1. The van der Waals surface area contributed by atoms with E-state index in [1.54, 1.807) is 0 Å². The molecule has 0 N–H and O–H groups in total. The Morgan fingerprint density at radius 2 is 1.57 bits per heavy atom. The first kappa shape index (κ1) is 20.4. The molecule has 3 aromatic carbocycles. The van der Waals surface area contributed by atoms with Crippen molar-refractivity contribution in [3.63, 3.8) is 0 Å². The molecular formula is C25H21F4N. The van der Waals surface area contributed by atoms with E-state index in [0.717, 1.165) is 38.2 Å². The van der Waals surface area contributed by atoms with Crippen molar-refractivity contribution in [2.24, 2.45) is 5.92 Å². The van der Waals surface area contributed by atoms with Gasteiger partial charge in [0.1, 0.15) is 29.1 Å². The summed E-state index contributed by atoms with van der Waals surface area (Å²) in [6.07, 6.45) is 5.11. The minimum Gasteiger partial charge on any atom is -0.206 e. The lowest BCUT2D eigenvalue weighted by Gasteiger charge is -2.28. The highest BCUT2D eigenvalue weighted by Crippen LogP contribution is 2.39. The van der Waals surface area contributed by atoms with Gasteiger partial charge in [0.05, 0.1) is 5.56 Å². The zero-order chi connectivity index (χ0) is 21.4. The smallest absolute Gasteiger partial charge is 0.151 e. The summed E-state index contributed by atoms with van der Waals surface area (Å²) >= 11 is 0. The molecule has 5 heteroatoms. The summed E-state index contributed by atoms with van der Waals surface area (Å²) in [6.45, 7) is 2.17. The van der Waals surface area contributed by atoms with Gasteiger partial charge in [0, 0.05) is 5.39 Å². The number of nitriles is 1. The molecule has 1 nitrogen and oxygen atoms in total. The second kappa shape index (κ2) is 8.10. The van der Waals surface area contributed by atoms with Gasteiger partial charge in [0.15, 0.2) is 5.82 Å². The first-order valence-electron chi connectivity index (χ1n) is 10.2. The number of rotatable bonds is 3. The Labute approximate surface area is 173 Å². The van der Waals surface area contributed by atoms with Gasteiger partial charge in [-0.05, 0) is 78.3 Å². The zero-order valence-corrected chi connectivity index (χ0v) is 16.6. The molecule has 1 saturated carbocycles. The highest BCUT2D eigenvalue weighted by molar-refractivity contribution is 5.89. The number of halogens is 4. The largest absolute Gasteiger partial charge is 0.206 e. The molecule has 0 amide bonds. The van der Waals surface area contributed by atoms with Crippen LogP contribution < -0.4 is 0 Å². The van der Waals surface area contributed by atoms with Gasteiger partial charge in [-0.25, -0.2) is 17.6 Å². The monoisotopic (exact) mass is 411 g/mol. The average Bonchev–Trinajstić information content (AvgIpc) is 2.73. The maximum atomic E-state index is 14.9. The molecule has 1 aliphatic rings. The Morgan fingerprint density at radius 3 is 2.17 bits per heavy atom. The summed E-state index contributed by atoms with van der Waals surface area (Å²) in [5.74, 6) is -2.50. The molecule has 1 fully saturated rings. The molecular weight excluding hydrogens is 390 g/mol. The van der Waals surface area contributed by atoms with E-state index < -0.39 is 28.8 Å². The summed E-state index contributed by atoms with van der Waals surface area (Å²) in [5, 5.41) is 9.07. The first-order chi connectivity index (χ1) is 14.4. The third-order valence-electron chi connectivity index (χ3n) is 6.39. The van der Waals surface area contributed by atoms with Crippen LogP contribution in [0.4, 0.5) is 17.6 Å². The quantitative estimate of drug-likeness (QED) is 0.407. The van der Waals surface area contributed by atoms with Crippen molar-refractivity contribution in [1.82, 2.24) is 0 Å². The van der Waals surface area contributed by atoms with Crippen LogP contribution in [0, 0.1) is 40.5 Å². The van der Waals surface area contributed by atoms with Crippen LogP contribution in [-0.2, 0) is 0 Å². The normalized spacial score (nSPS) is 19.1. The summed E-state index contributed by atoms with van der Waals surface area (Å²) in [5.41, 5.74) is -0.0232. The maximum Gasteiger partial charge on any atom is 0.151 e. The number of fused-ring (bicyclic) bond motifs is 1. The Hall–Kier alpha value is -2.87. The maximum absolute atomic E-state index is 14.9. The Morgan fingerprint density at radius 1 is 0.900 bits per heavy atom. The molecule has 0 aliphatic heterocycles. The Balaban J connectivity index is 1.72. The molecule has 4 rings (SSSR count). The van der Waals surface area contributed by atoms with Crippen LogP contribution in [0.15, 0.2) is 36.4 Å². The van der Waals surface area contributed by atoms with Crippen molar-refractivity contribution >= 4 is 10.8 Å². The second-order valence-electron chi connectivity index (χ2n) is 8.08. The van der Waals surface area contributed by atoms with Crippen molar-refractivity contribution < 1.29 is 17.6 Å². The van der Waals surface area contributed by atoms with Crippen LogP contribution in [0.1, 0.15) is 56.1 Å². The molecule has 0 bridgehead atoms. The van der Waals surface area contributed by atoms with Gasteiger partial charge in [0.2, 0.25) is 0 Å². The first-order valence-corrected chi connectivity index (χ1v) is 10.2. The van der Waals surface area contributed by atoms with E-state index in [-0.39, 0.29) is 27.8 Å². The van der Waals surface area contributed by atoms with Gasteiger partial charge >= 0.3 is 0 Å². The summed E-state index contributed by atoms with van der Waals surface area (Å²) in [4.78, 5) is 0. The van der Waals surface area contributed by atoms with Crippen LogP contribution >= 0.6 is 0 Å². The lowest BCUT2D eigenvalue weighted by Crippen LogP contribution is -2.13. The van der Waals surface area contributed by atoms with Crippen LogP contribution in [0.25, 0.3) is 21.9 Å². The minimum absolute atomic E-state index is 0.0295. The Bertz CT molecular complexity index is 1130. The predicted molar refractivity (Wildman–Crippen MR) is 109 cm³/mol. The topological polar surface area (TPSA) is 23.8 Å². The molecule has 1 aliphatic carbocycles. The van der Waals surface area contributed by atoms with Crippen molar-refractivity contribution in [2.75, 3.05) is 0 Å². The molecule has 0 heterocycles. The molecule has 0 atom stereocenters. The molecule has 154 valence electrons. The molecule has 3 aromatic rings. The van der Waals surface area contributed by atoms with Gasteiger partial charge in [-0.1, -0.05) is 25.5 Å². The van der Waals surface area contributed by atoms with E-state index in [4.69, 9.17) is 5.26 Å². The van der Waals surface area contributed by atoms with Crippen molar-refractivity contribution in [3.05, 3.63) is 70.8 Å². The van der Waals surface area contributed by atoms with Crippen LogP contribution in [0.2, 0.25) is 0 Å². The summed E-state index contributed by atoms with van der Waals surface area (Å²) in [7, 11) is 0. The van der Waals surface area contributed by atoms with E-state index in [1.165, 1.54) is 36.4 Å². The fraction of sp³-hybridized carbons (Fsp3) is 0.320. The van der Waals surface area contributed by atoms with E-state index >= 15 is 0 Å². The van der Waals surface area contributed by atoms with Gasteiger partial charge in [-0.3, -0.25) is 0 Å². The summed E-state index contributed by atoms with van der Waals surface area (Å²) < 4.78 is 58.2. The fourth-order valence-electron chi connectivity index (χ4n) is 4.60. The minimum atomic E-state index is -1.00.